The Bertz CT molecular complexity index is 126. The minimum Gasteiger partial charge on any atom is -0.394 e. The Morgan fingerprint density at radius 2 is 2.08 bits per heavy atom. The van der Waals surface area contributed by atoms with Gasteiger partial charge in [-0.1, -0.05) is 0 Å². The van der Waals surface area contributed by atoms with Crippen LogP contribution >= 0.6 is 11.8 Å². The van der Waals surface area contributed by atoms with Gasteiger partial charge in [-0.2, -0.15) is 11.8 Å². The lowest BCUT2D eigenvalue weighted by Crippen LogP contribution is -2.44. The molecule has 0 radical (unpaired) electrons. The number of thioether (sulfide) groups is 1. The van der Waals surface area contributed by atoms with Gasteiger partial charge >= 0.3 is 0 Å². The van der Waals surface area contributed by atoms with Crippen LogP contribution in [0.3, 0.4) is 0 Å². The second-order valence-corrected chi connectivity index (χ2v) is 4.30. The van der Waals surface area contributed by atoms with Crippen molar-refractivity contribution in [2.45, 2.75) is 18.4 Å². The van der Waals surface area contributed by atoms with Gasteiger partial charge in [-0.15, -0.1) is 0 Å². The summed E-state index contributed by atoms with van der Waals surface area (Å²) in [6.07, 6.45) is 2.04. The van der Waals surface area contributed by atoms with Crippen molar-refractivity contribution in [1.29, 1.82) is 0 Å². The maximum atomic E-state index is 8.64. The lowest BCUT2D eigenvalue weighted by Gasteiger charge is -2.35. The highest BCUT2D eigenvalue weighted by Crippen LogP contribution is 2.29. The van der Waals surface area contributed by atoms with E-state index in [4.69, 9.17) is 15.6 Å². The minimum atomic E-state index is -0.131. The van der Waals surface area contributed by atoms with Crippen molar-refractivity contribution in [2.24, 2.45) is 5.73 Å². The number of rotatable bonds is 4. The van der Waals surface area contributed by atoms with Crippen LogP contribution in [0.4, 0.5) is 0 Å². The lowest BCUT2D eigenvalue weighted by atomic mass is 9.97. The fourth-order valence-corrected chi connectivity index (χ4v) is 2.65. The summed E-state index contributed by atoms with van der Waals surface area (Å²) in [5.74, 6) is 2.26. The van der Waals surface area contributed by atoms with Crippen molar-refractivity contribution < 1.29 is 9.84 Å². The maximum absolute atomic E-state index is 8.64. The molecule has 3 N–H and O–H groups in total. The molecule has 1 aliphatic heterocycles. The van der Waals surface area contributed by atoms with Crippen LogP contribution in [0.2, 0.25) is 0 Å². The van der Waals surface area contributed by atoms with Crippen LogP contribution in [0.25, 0.3) is 0 Å². The summed E-state index contributed by atoms with van der Waals surface area (Å²) in [5.41, 5.74) is 5.53. The highest BCUT2D eigenvalue weighted by atomic mass is 32.2. The molecule has 1 heterocycles. The van der Waals surface area contributed by atoms with Crippen molar-refractivity contribution in [3.63, 3.8) is 0 Å². The quantitative estimate of drug-likeness (QED) is 0.667. The largest absolute Gasteiger partial charge is 0.394 e. The Balaban J connectivity index is 2.37. The Morgan fingerprint density at radius 3 is 2.58 bits per heavy atom. The summed E-state index contributed by atoms with van der Waals surface area (Å²) in [4.78, 5) is 0. The average Bonchev–Trinajstić information content (AvgIpc) is 2.16. The average molecular weight is 191 g/mol. The molecule has 0 bridgehead atoms. The number of hydrogen-bond donors (Lipinski definition) is 2. The number of ether oxygens (including phenoxy) is 1. The molecule has 1 rings (SSSR count). The topological polar surface area (TPSA) is 55.5 Å². The van der Waals surface area contributed by atoms with Gasteiger partial charge in [-0.3, -0.25) is 0 Å². The van der Waals surface area contributed by atoms with E-state index in [2.05, 4.69) is 0 Å². The zero-order valence-corrected chi connectivity index (χ0v) is 8.11. The van der Waals surface area contributed by atoms with Gasteiger partial charge in [-0.25, -0.2) is 0 Å². The van der Waals surface area contributed by atoms with Crippen LogP contribution < -0.4 is 5.73 Å². The van der Waals surface area contributed by atoms with E-state index in [1.165, 1.54) is 0 Å². The van der Waals surface area contributed by atoms with Crippen molar-refractivity contribution in [1.82, 2.24) is 0 Å². The van der Waals surface area contributed by atoms with Crippen LogP contribution in [-0.4, -0.2) is 42.0 Å². The summed E-state index contributed by atoms with van der Waals surface area (Å²) < 4.78 is 5.58. The van der Waals surface area contributed by atoms with E-state index in [1.54, 1.807) is 0 Å². The van der Waals surface area contributed by atoms with E-state index in [-0.39, 0.29) is 12.2 Å². The van der Waals surface area contributed by atoms with Gasteiger partial charge in [-0.05, 0) is 24.3 Å². The van der Waals surface area contributed by atoms with Gasteiger partial charge in [0.25, 0.3) is 0 Å². The van der Waals surface area contributed by atoms with Crippen molar-refractivity contribution in [3.05, 3.63) is 0 Å². The minimum absolute atomic E-state index is 0.0922. The summed E-state index contributed by atoms with van der Waals surface area (Å²) >= 11 is 1.95. The Kier molecular flexibility index (Phi) is 4.35. The monoisotopic (exact) mass is 191 g/mol. The molecule has 0 atom stereocenters. The molecule has 1 fully saturated rings. The first-order valence-electron chi connectivity index (χ1n) is 4.36. The number of hydrogen-bond acceptors (Lipinski definition) is 4. The van der Waals surface area contributed by atoms with Crippen LogP contribution in [0, 0.1) is 0 Å². The standard InChI is InChI=1S/C8H17NO2S/c9-7-8(11-4-3-10)1-5-12-6-2-8/h10H,1-7,9H2. The fourth-order valence-electron chi connectivity index (χ4n) is 1.41. The van der Waals surface area contributed by atoms with Gasteiger partial charge in [0.1, 0.15) is 0 Å². The Morgan fingerprint density at radius 1 is 1.42 bits per heavy atom. The molecule has 0 saturated carbocycles. The molecule has 0 aromatic carbocycles. The van der Waals surface area contributed by atoms with Crippen LogP contribution in [0.5, 0.6) is 0 Å². The first-order valence-corrected chi connectivity index (χ1v) is 5.51. The molecule has 1 aliphatic rings. The third kappa shape index (κ3) is 2.62. The number of aliphatic hydroxyl groups excluding tert-OH is 1. The second kappa shape index (κ2) is 5.07. The smallest absolute Gasteiger partial charge is 0.0821 e. The summed E-state index contributed by atoms with van der Waals surface area (Å²) in [5, 5.41) is 8.64. The van der Waals surface area contributed by atoms with E-state index >= 15 is 0 Å². The molecule has 0 aliphatic carbocycles. The van der Waals surface area contributed by atoms with Gasteiger partial charge in [0, 0.05) is 6.54 Å². The van der Waals surface area contributed by atoms with E-state index < -0.39 is 0 Å². The lowest BCUT2D eigenvalue weighted by molar-refractivity contribution is -0.0569. The molecule has 72 valence electrons. The van der Waals surface area contributed by atoms with Crippen LogP contribution in [-0.2, 0) is 4.74 Å². The summed E-state index contributed by atoms with van der Waals surface area (Å²) in [7, 11) is 0. The van der Waals surface area contributed by atoms with Crippen molar-refractivity contribution in [3.8, 4) is 0 Å². The molecule has 12 heavy (non-hydrogen) atoms. The molecule has 4 heteroatoms. The zero-order chi connectivity index (χ0) is 8.86. The Labute approximate surface area is 77.7 Å². The first kappa shape index (κ1) is 10.3. The maximum Gasteiger partial charge on any atom is 0.0821 e. The zero-order valence-electron chi connectivity index (χ0n) is 7.29. The molecule has 1 saturated heterocycles. The van der Waals surface area contributed by atoms with Crippen LogP contribution in [0.15, 0.2) is 0 Å². The Hall–Kier alpha value is 0.230. The van der Waals surface area contributed by atoms with Gasteiger partial charge < -0.3 is 15.6 Å². The summed E-state index contributed by atoms with van der Waals surface area (Å²) in [6, 6.07) is 0. The normalized spacial score (nSPS) is 22.5. The number of nitrogens with two attached hydrogens (primary N) is 1. The SMILES string of the molecule is NCC1(OCCO)CCSCC1. The fraction of sp³-hybridized carbons (Fsp3) is 1.00. The molecule has 0 aromatic rings. The molecule has 0 unspecified atom stereocenters. The highest BCUT2D eigenvalue weighted by Gasteiger charge is 2.31. The first-order chi connectivity index (χ1) is 5.83. The van der Waals surface area contributed by atoms with Crippen molar-refractivity contribution in [2.75, 3.05) is 31.3 Å². The molecule has 0 spiro atoms. The molecule has 3 nitrogen and oxygen atoms in total. The predicted molar refractivity (Wildman–Crippen MR) is 51.4 cm³/mol. The highest BCUT2D eigenvalue weighted by molar-refractivity contribution is 7.99. The van der Waals surface area contributed by atoms with Gasteiger partial charge in [0.2, 0.25) is 0 Å². The number of aliphatic hydroxyl groups is 1. The van der Waals surface area contributed by atoms with E-state index in [9.17, 15) is 0 Å². The van der Waals surface area contributed by atoms with E-state index in [0.717, 1.165) is 24.3 Å². The molecular weight excluding hydrogens is 174 g/mol. The molecular formula is C8H17NO2S. The van der Waals surface area contributed by atoms with Crippen LogP contribution in [0.1, 0.15) is 12.8 Å². The molecule has 0 amide bonds. The third-order valence-electron chi connectivity index (χ3n) is 2.28. The predicted octanol–water partition coefficient (Wildman–Crippen LogP) is 0.220. The third-order valence-corrected chi connectivity index (χ3v) is 3.26. The van der Waals surface area contributed by atoms with Crippen molar-refractivity contribution >= 4 is 11.8 Å². The second-order valence-electron chi connectivity index (χ2n) is 3.07. The van der Waals surface area contributed by atoms with Gasteiger partial charge in [0.05, 0.1) is 18.8 Å². The van der Waals surface area contributed by atoms with E-state index in [0.29, 0.717) is 13.2 Å². The van der Waals surface area contributed by atoms with E-state index in [1.807, 2.05) is 11.8 Å². The van der Waals surface area contributed by atoms with Gasteiger partial charge in [0.15, 0.2) is 0 Å². The summed E-state index contributed by atoms with van der Waals surface area (Å²) in [6.45, 7) is 1.09. The molecule has 0 aromatic heterocycles.